The largest absolute Gasteiger partial charge is 0.476 e. The molecule has 0 radical (unpaired) electrons. The number of rotatable bonds is 21. The lowest BCUT2D eigenvalue weighted by molar-refractivity contribution is -0.133. The molecule has 2 aliphatic heterocycles. The number of nitrogens with zero attached hydrogens (tertiary/aromatic N) is 8. The number of aliphatic hydroxyl groups is 1. The molecule has 1 saturated carbocycles. The lowest BCUT2D eigenvalue weighted by Crippen LogP contribution is -2.39. The topological polar surface area (TPSA) is 245 Å². The number of hydrogen-bond acceptors (Lipinski definition) is 14. The zero-order chi connectivity index (χ0) is 61.3. The summed E-state index contributed by atoms with van der Waals surface area (Å²) >= 11 is 3.07. The Balaban J connectivity index is 0.000000406. The van der Waals surface area contributed by atoms with Crippen molar-refractivity contribution in [3.05, 3.63) is 130 Å². The molecule has 19 nitrogen and oxygen atoms in total. The number of aryl methyl sites for hydroxylation is 1. The Labute approximate surface area is 511 Å². The van der Waals surface area contributed by atoms with E-state index in [0.29, 0.717) is 99.1 Å². The van der Waals surface area contributed by atoms with Gasteiger partial charge in [-0.3, -0.25) is 34.0 Å². The number of aromatic nitrogens is 5. The number of nitrogens with one attached hydrogen (secondary N) is 3. The number of carboxylic acids is 1. The maximum atomic E-state index is 13.6. The van der Waals surface area contributed by atoms with Gasteiger partial charge in [0.2, 0.25) is 24.1 Å². The van der Waals surface area contributed by atoms with Gasteiger partial charge in [-0.25, -0.2) is 19.7 Å². The Morgan fingerprint density at radius 1 is 0.895 bits per heavy atom. The van der Waals surface area contributed by atoms with Crippen molar-refractivity contribution in [3.63, 3.8) is 0 Å². The summed E-state index contributed by atoms with van der Waals surface area (Å²) in [6.45, 7) is 14.0. The Kier molecular flexibility index (Phi) is 22.7. The first-order chi connectivity index (χ1) is 41.4. The molecule has 4 aromatic heterocycles. The first-order valence-electron chi connectivity index (χ1n) is 29.8. The van der Waals surface area contributed by atoms with Crippen LogP contribution in [0.25, 0.3) is 31.8 Å². The average Bonchev–Trinajstić information content (AvgIpc) is 1.92. The van der Waals surface area contributed by atoms with E-state index in [1.54, 1.807) is 34.4 Å². The monoisotopic (exact) mass is 1210 g/mol. The van der Waals surface area contributed by atoms with Crippen molar-refractivity contribution in [2.24, 2.45) is 11.3 Å². The molecule has 3 aliphatic rings. The maximum absolute atomic E-state index is 13.6. The van der Waals surface area contributed by atoms with E-state index in [9.17, 15) is 39.0 Å². The van der Waals surface area contributed by atoms with E-state index in [1.165, 1.54) is 28.2 Å². The molecule has 86 heavy (non-hydrogen) atoms. The van der Waals surface area contributed by atoms with E-state index < -0.39 is 12.1 Å². The fraction of sp³-hybridized carbons (Fsp3) is 0.446. The number of hydrogen-bond donors (Lipinski definition) is 5. The highest BCUT2D eigenvalue weighted by atomic mass is 32.1. The van der Waals surface area contributed by atoms with Crippen LogP contribution in [0.15, 0.2) is 90.6 Å². The first kappa shape index (κ1) is 64.1. The molecule has 456 valence electrons. The summed E-state index contributed by atoms with van der Waals surface area (Å²) in [5.74, 6) is -0.537. The first-order valence-corrected chi connectivity index (χ1v) is 31.5. The van der Waals surface area contributed by atoms with E-state index >= 15 is 0 Å². The van der Waals surface area contributed by atoms with Crippen molar-refractivity contribution in [3.8, 4) is 21.6 Å². The van der Waals surface area contributed by atoms with Crippen LogP contribution in [0.4, 0.5) is 10.9 Å². The summed E-state index contributed by atoms with van der Waals surface area (Å²) in [5.41, 5.74) is 10.5. The Hall–Kier alpha value is -7.88. The van der Waals surface area contributed by atoms with Crippen molar-refractivity contribution in [1.82, 2.24) is 45.2 Å². The van der Waals surface area contributed by atoms with Crippen molar-refractivity contribution in [2.45, 2.75) is 137 Å². The van der Waals surface area contributed by atoms with Gasteiger partial charge >= 0.3 is 5.97 Å². The predicted molar refractivity (Wildman–Crippen MR) is 338 cm³/mol. The highest BCUT2D eigenvalue weighted by Crippen LogP contribution is 2.43. The van der Waals surface area contributed by atoms with Crippen molar-refractivity contribution < 1.29 is 39.0 Å². The number of aliphatic hydroxyl groups excluding tert-OH is 1. The molecular formula is C65H81N11O8S2. The Bertz CT molecular complexity index is 3430. The van der Waals surface area contributed by atoms with Gasteiger partial charge in [-0.1, -0.05) is 99.9 Å². The molecular weight excluding hydrogens is 1130 g/mol. The van der Waals surface area contributed by atoms with Gasteiger partial charge in [0.15, 0.2) is 10.8 Å². The van der Waals surface area contributed by atoms with Gasteiger partial charge in [0.05, 0.1) is 45.1 Å². The normalized spacial score (nSPS) is 15.2. The number of carbonyl (C=O) groups is 6. The highest BCUT2D eigenvalue weighted by molar-refractivity contribution is 7.22. The lowest BCUT2D eigenvalue weighted by atomic mass is 9.71. The predicted octanol–water partition coefficient (Wildman–Crippen LogP) is 10.5. The molecule has 1 aliphatic carbocycles. The summed E-state index contributed by atoms with van der Waals surface area (Å²) in [4.78, 5) is 94.4. The van der Waals surface area contributed by atoms with Gasteiger partial charge in [-0.05, 0) is 123 Å². The number of β-amino-alcohol motifs (C(OH)–C–C–N with tert-alkyl or cyclic N) is 1. The van der Waals surface area contributed by atoms with E-state index in [1.807, 2.05) is 95.7 Å². The number of carbonyl (C=O) groups excluding carboxylic acids is 5. The van der Waals surface area contributed by atoms with Crippen LogP contribution in [0.3, 0.4) is 0 Å². The number of fused-ring (bicyclic) bond motifs is 2. The quantitative estimate of drug-likeness (QED) is 0.0421. The molecule has 10 rings (SSSR count). The van der Waals surface area contributed by atoms with Gasteiger partial charge in [0.25, 0.3) is 5.91 Å². The molecule has 5 N–H and O–H groups in total. The molecule has 2 fully saturated rings. The molecule has 7 aromatic rings. The second-order valence-electron chi connectivity index (χ2n) is 23.3. The number of para-hydroxylation sites is 1. The number of amides is 5. The molecule has 5 amide bonds. The fourth-order valence-corrected chi connectivity index (χ4v) is 13.0. The van der Waals surface area contributed by atoms with Gasteiger partial charge in [0, 0.05) is 88.1 Å². The van der Waals surface area contributed by atoms with Crippen molar-refractivity contribution in [1.29, 1.82) is 0 Å². The van der Waals surface area contributed by atoms with Crippen LogP contribution in [0, 0.1) is 25.2 Å². The summed E-state index contributed by atoms with van der Waals surface area (Å²) in [6.07, 6.45) is 11.1. The minimum atomic E-state index is -1.13. The number of carboxylic acid groups (broad SMARTS) is 1. The standard InChI is InChI=1S/C49H59N9O7S.C12H12N2OS.C4H10/c1-32-37(27-51-58(32)31-49(21-6-3-7-22-49)23-10-24-55(2)43(61)16-9-15-42(60)50-28-44(62)57-26-20-34(59)29-57)35-17-18-41(53-45(35)47(64)65)56-25-19-33-11-8-12-36(38(33)30-56)46(63)54-48-52-39-13-4-5-14-40(39)66-48;1-9-12(16-8-14-9)11-4-2-10(3-5-11)6-13-7-15;1-4(2)3/h4-5,8,11-14,17-18,27,34,59H,3,6-7,9-10,15-16,19-26,28-31H2,1-2H3,(H,50,60)(H,64,65)(H,52,54,63);2-5,7-8H,6H2,1H3,(H,13,15);4H,1-3H3. The molecule has 0 spiro atoms. The molecule has 0 bridgehead atoms. The summed E-state index contributed by atoms with van der Waals surface area (Å²) in [7, 11) is 1.80. The summed E-state index contributed by atoms with van der Waals surface area (Å²) < 4.78 is 2.99. The highest BCUT2D eigenvalue weighted by Gasteiger charge is 2.34. The molecule has 1 unspecified atom stereocenters. The van der Waals surface area contributed by atoms with E-state index in [-0.39, 0.29) is 54.1 Å². The fourth-order valence-electron chi connectivity index (χ4n) is 11.3. The Morgan fingerprint density at radius 2 is 1.66 bits per heavy atom. The number of likely N-dealkylation sites (tertiary alicyclic amines) is 1. The molecule has 21 heteroatoms. The van der Waals surface area contributed by atoms with Crippen molar-refractivity contribution in [2.75, 3.05) is 50.0 Å². The van der Waals surface area contributed by atoms with Gasteiger partial charge in [-0.2, -0.15) is 5.10 Å². The SMILES string of the molecule is CC(C)C.Cc1c(-c2ccc(N3CCc4cccc(C(=O)Nc5nc6ccccc6s5)c4C3)nc2C(=O)O)cnn1CC1(CCCN(C)C(=O)CCCC(=O)NCC(=O)N2CCC(O)C2)CCCCC1.Cc1ncsc1-c1ccc(CNC=O)cc1. The third-order valence-electron chi connectivity index (χ3n) is 16.0. The van der Waals surface area contributed by atoms with Crippen LogP contribution in [-0.2, 0) is 45.2 Å². The van der Waals surface area contributed by atoms with E-state index in [2.05, 4.69) is 58.8 Å². The zero-order valence-corrected chi connectivity index (χ0v) is 51.9. The third-order valence-corrected chi connectivity index (χ3v) is 17.9. The number of benzene rings is 3. The maximum Gasteiger partial charge on any atom is 0.355 e. The minimum absolute atomic E-state index is 0.0225. The zero-order valence-electron chi connectivity index (χ0n) is 50.3. The number of pyridine rings is 1. The summed E-state index contributed by atoms with van der Waals surface area (Å²) in [5, 5.41) is 33.8. The van der Waals surface area contributed by atoms with Gasteiger partial charge < -0.3 is 35.5 Å². The Morgan fingerprint density at radius 3 is 2.36 bits per heavy atom. The van der Waals surface area contributed by atoms with Crippen LogP contribution in [-0.4, -0.2) is 127 Å². The average molecular weight is 1210 g/mol. The summed E-state index contributed by atoms with van der Waals surface area (Å²) in [6, 6.07) is 25.3. The smallest absolute Gasteiger partial charge is 0.355 e. The lowest BCUT2D eigenvalue weighted by Gasteiger charge is -2.38. The van der Waals surface area contributed by atoms with Crippen LogP contribution < -0.4 is 20.9 Å². The second kappa shape index (κ2) is 30.5. The number of thiazole rings is 2. The minimum Gasteiger partial charge on any atom is -0.476 e. The molecule has 1 atom stereocenters. The van der Waals surface area contributed by atoms with Gasteiger partial charge in [-0.15, -0.1) is 11.3 Å². The van der Waals surface area contributed by atoms with Crippen LogP contribution in [0.5, 0.6) is 0 Å². The molecule has 6 heterocycles. The van der Waals surface area contributed by atoms with Crippen LogP contribution in [0.1, 0.15) is 140 Å². The van der Waals surface area contributed by atoms with Gasteiger partial charge in [0.1, 0.15) is 5.82 Å². The van der Waals surface area contributed by atoms with E-state index in [0.717, 1.165) is 82.7 Å². The van der Waals surface area contributed by atoms with E-state index in [4.69, 9.17) is 10.1 Å². The second-order valence-corrected chi connectivity index (χ2v) is 25.2. The van der Waals surface area contributed by atoms with Crippen molar-refractivity contribution >= 4 is 79.8 Å². The van der Waals surface area contributed by atoms with Crippen LogP contribution in [0.2, 0.25) is 0 Å². The third kappa shape index (κ3) is 17.2. The number of aromatic carboxylic acids is 1. The molecule has 3 aromatic carbocycles. The number of anilines is 2. The van der Waals surface area contributed by atoms with Crippen LogP contribution >= 0.6 is 22.7 Å². The molecule has 1 saturated heterocycles.